The number of carboxylic acids is 1. The fraction of sp³-hybridized carbons (Fsp3) is 0.250. The Morgan fingerprint density at radius 3 is 2.92 bits per heavy atom. The van der Waals surface area contributed by atoms with Crippen molar-refractivity contribution < 1.29 is 9.90 Å². The zero-order chi connectivity index (χ0) is 9.14. The monoisotopic (exact) mass is 184 g/mol. The summed E-state index contributed by atoms with van der Waals surface area (Å²) in [5.41, 5.74) is 0.787. The Hall–Kier alpha value is -1.09. The normalized spacial score (nSPS) is 9.83. The van der Waals surface area contributed by atoms with E-state index < -0.39 is 5.97 Å². The topological polar surface area (TPSA) is 53.0 Å². The fourth-order valence-electron chi connectivity index (χ4n) is 0.828. The molecule has 1 heterocycles. The van der Waals surface area contributed by atoms with Crippen LogP contribution in [0, 0.1) is 0 Å². The van der Waals surface area contributed by atoms with Gasteiger partial charge in [-0.25, -0.2) is 4.98 Å². The van der Waals surface area contributed by atoms with Crippen molar-refractivity contribution in [2.24, 2.45) is 0 Å². The molecule has 1 aromatic heterocycles. The number of carbonyl (C=O) groups is 1. The predicted molar refractivity (Wildman–Crippen MR) is 43.0 cm³/mol. The third kappa shape index (κ3) is 1.74. The summed E-state index contributed by atoms with van der Waals surface area (Å²) in [5, 5.41) is 10.4. The van der Waals surface area contributed by atoms with Gasteiger partial charge in [0.1, 0.15) is 5.15 Å². The molecule has 0 N–H and O–H groups in total. The molecule has 0 spiro atoms. The number of nitrogens with zero attached hydrogens (tertiary/aromatic N) is 1. The van der Waals surface area contributed by atoms with Gasteiger partial charge in [0.05, 0.1) is 5.97 Å². The van der Waals surface area contributed by atoms with Crippen LogP contribution in [-0.2, 0) is 6.42 Å². The lowest BCUT2D eigenvalue weighted by Gasteiger charge is -2.05. The fourth-order valence-corrected chi connectivity index (χ4v) is 1.01. The first-order valence-corrected chi connectivity index (χ1v) is 3.88. The molecule has 0 aliphatic carbocycles. The molecule has 0 fully saturated rings. The number of aryl methyl sites for hydroxylation is 1. The van der Waals surface area contributed by atoms with Crippen molar-refractivity contribution in [3.8, 4) is 0 Å². The highest BCUT2D eigenvalue weighted by molar-refractivity contribution is 6.32. The Morgan fingerprint density at radius 1 is 1.75 bits per heavy atom. The van der Waals surface area contributed by atoms with Crippen molar-refractivity contribution in [2.45, 2.75) is 13.3 Å². The van der Waals surface area contributed by atoms with Gasteiger partial charge in [-0.3, -0.25) is 0 Å². The first kappa shape index (κ1) is 9.00. The van der Waals surface area contributed by atoms with Gasteiger partial charge in [-0.1, -0.05) is 18.5 Å². The molecular weight excluding hydrogens is 178 g/mol. The van der Waals surface area contributed by atoms with Crippen LogP contribution < -0.4 is 5.11 Å². The smallest absolute Gasteiger partial charge is 0.138 e. The molecule has 0 amide bonds. The van der Waals surface area contributed by atoms with Crippen molar-refractivity contribution >= 4 is 17.6 Å². The molecule has 0 aliphatic rings. The molecule has 0 saturated heterocycles. The summed E-state index contributed by atoms with van der Waals surface area (Å²) in [6.07, 6.45) is 2.28. The quantitative estimate of drug-likeness (QED) is 0.635. The minimum absolute atomic E-state index is 0.0211. The highest BCUT2D eigenvalue weighted by atomic mass is 35.5. The number of halogens is 1. The Kier molecular flexibility index (Phi) is 2.65. The van der Waals surface area contributed by atoms with Crippen molar-refractivity contribution in [3.05, 3.63) is 28.5 Å². The number of aromatic carboxylic acids is 1. The first-order chi connectivity index (χ1) is 5.65. The number of carbonyl (C=O) groups excluding carboxylic acids is 1. The van der Waals surface area contributed by atoms with Gasteiger partial charge in [0.15, 0.2) is 0 Å². The molecule has 0 atom stereocenters. The van der Waals surface area contributed by atoms with E-state index in [1.165, 1.54) is 6.07 Å². The zero-order valence-corrected chi connectivity index (χ0v) is 7.26. The van der Waals surface area contributed by atoms with Crippen LogP contribution in [0.2, 0.25) is 5.15 Å². The van der Waals surface area contributed by atoms with E-state index in [1.54, 1.807) is 6.20 Å². The molecule has 0 radical (unpaired) electrons. The van der Waals surface area contributed by atoms with Gasteiger partial charge < -0.3 is 9.90 Å². The average Bonchev–Trinajstić information content (AvgIpc) is 2.05. The van der Waals surface area contributed by atoms with Crippen LogP contribution in [-0.4, -0.2) is 11.0 Å². The molecule has 12 heavy (non-hydrogen) atoms. The maximum Gasteiger partial charge on any atom is 0.138 e. The predicted octanol–water partition coefficient (Wildman–Crippen LogP) is 0.661. The SMILES string of the molecule is CCc1cnc(Cl)c(C(=O)[O-])c1. The summed E-state index contributed by atoms with van der Waals surface area (Å²) in [6, 6.07) is 1.48. The van der Waals surface area contributed by atoms with Crippen molar-refractivity contribution in [3.63, 3.8) is 0 Å². The van der Waals surface area contributed by atoms with E-state index in [4.69, 9.17) is 11.6 Å². The molecule has 64 valence electrons. The van der Waals surface area contributed by atoms with E-state index in [1.807, 2.05) is 6.92 Å². The maximum atomic E-state index is 10.5. The third-order valence-electron chi connectivity index (χ3n) is 1.52. The molecule has 4 heteroatoms. The summed E-state index contributed by atoms with van der Waals surface area (Å²) in [6.45, 7) is 1.91. The molecule has 0 aromatic carbocycles. The number of carboxylic acid groups (broad SMARTS) is 1. The van der Waals surface area contributed by atoms with Gasteiger partial charge in [-0.15, -0.1) is 0 Å². The summed E-state index contributed by atoms with van der Waals surface area (Å²) < 4.78 is 0. The van der Waals surface area contributed by atoms with Crippen LogP contribution >= 0.6 is 11.6 Å². The highest BCUT2D eigenvalue weighted by Crippen LogP contribution is 2.13. The lowest BCUT2D eigenvalue weighted by atomic mass is 10.2. The minimum atomic E-state index is -1.29. The zero-order valence-electron chi connectivity index (χ0n) is 6.50. The van der Waals surface area contributed by atoms with E-state index in [0.29, 0.717) is 0 Å². The number of rotatable bonds is 2. The van der Waals surface area contributed by atoms with Gasteiger partial charge in [-0.2, -0.15) is 0 Å². The van der Waals surface area contributed by atoms with Gasteiger partial charge in [-0.05, 0) is 18.1 Å². The summed E-state index contributed by atoms with van der Waals surface area (Å²) in [7, 11) is 0. The average molecular weight is 185 g/mol. The summed E-state index contributed by atoms with van der Waals surface area (Å²) >= 11 is 5.52. The van der Waals surface area contributed by atoms with Crippen LogP contribution in [0.25, 0.3) is 0 Å². The van der Waals surface area contributed by atoms with Crippen LogP contribution in [0.1, 0.15) is 22.8 Å². The lowest BCUT2D eigenvalue weighted by molar-refractivity contribution is -0.255. The molecule has 3 nitrogen and oxygen atoms in total. The molecular formula is C8H7ClNO2-. The molecule has 0 unspecified atom stereocenters. The van der Waals surface area contributed by atoms with E-state index >= 15 is 0 Å². The Labute approximate surface area is 75.0 Å². The lowest BCUT2D eigenvalue weighted by Crippen LogP contribution is -2.23. The number of aromatic nitrogens is 1. The van der Waals surface area contributed by atoms with Gasteiger partial charge in [0, 0.05) is 11.8 Å². The van der Waals surface area contributed by atoms with E-state index in [9.17, 15) is 9.90 Å². The third-order valence-corrected chi connectivity index (χ3v) is 1.83. The van der Waals surface area contributed by atoms with E-state index in [0.717, 1.165) is 12.0 Å². The van der Waals surface area contributed by atoms with Crippen molar-refractivity contribution in [1.29, 1.82) is 0 Å². The maximum absolute atomic E-state index is 10.5. The second kappa shape index (κ2) is 3.54. The summed E-state index contributed by atoms with van der Waals surface area (Å²) in [5.74, 6) is -1.29. The van der Waals surface area contributed by atoms with Crippen LogP contribution in [0.15, 0.2) is 12.3 Å². The number of hydrogen-bond acceptors (Lipinski definition) is 3. The Bertz CT molecular complexity index is 312. The number of pyridine rings is 1. The van der Waals surface area contributed by atoms with Crippen LogP contribution in [0.4, 0.5) is 0 Å². The minimum Gasteiger partial charge on any atom is -0.545 e. The molecule has 0 saturated carbocycles. The second-order valence-electron chi connectivity index (χ2n) is 2.32. The Balaban J connectivity index is 3.17. The molecule has 1 aromatic rings. The Morgan fingerprint density at radius 2 is 2.42 bits per heavy atom. The number of hydrogen-bond donors (Lipinski definition) is 0. The van der Waals surface area contributed by atoms with Crippen molar-refractivity contribution in [2.75, 3.05) is 0 Å². The molecule has 1 rings (SSSR count). The van der Waals surface area contributed by atoms with Crippen LogP contribution in [0.3, 0.4) is 0 Å². The van der Waals surface area contributed by atoms with Gasteiger partial charge in [0.2, 0.25) is 0 Å². The van der Waals surface area contributed by atoms with Crippen molar-refractivity contribution in [1.82, 2.24) is 4.98 Å². The first-order valence-electron chi connectivity index (χ1n) is 3.51. The molecule has 0 bridgehead atoms. The van der Waals surface area contributed by atoms with Gasteiger partial charge in [0.25, 0.3) is 0 Å². The van der Waals surface area contributed by atoms with E-state index in [2.05, 4.69) is 4.98 Å². The standard InChI is InChI=1S/C8H8ClNO2/c1-2-5-3-6(8(11)12)7(9)10-4-5/h3-4H,2H2,1H3,(H,11,12)/p-1. The second-order valence-corrected chi connectivity index (χ2v) is 2.68. The summed E-state index contributed by atoms with van der Waals surface area (Å²) in [4.78, 5) is 14.2. The van der Waals surface area contributed by atoms with Crippen LogP contribution in [0.5, 0.6) is 0 Å². The largest absolute Gasteiger partial charge is 0.545 e. The van der Waals surface area contributed by atoms with E-state index in [-0.39, 0.29) is 10.7 Å². The van der Waals surface area contributed by atoms with Gasteiger partial charge >= 0.3 is 0 Å². The molecule has 0 aliphatic heterocycles. The highest BCUT2D eigenvalue weighted by Gasteiger charge is 2.02.